The number of amides is 1. The topological polar surface area (TPSA) is 51.4 Å². The van der Waals surface area contributed by atoms with Gasteiger partial charge in [-0.05, 0) is 35.9 Å². The van der Waals surface area contributed by atoms with E-state index in [0.717, 1.165) is 17.8 Å². The summed E-state index contributed by atoms with van der Waals surface area (Å²) in [4.78, 5) is 13.7. The molecule has 0 fully saturated rings. The molecule has 0 unspecified atom stereocenters. The van der Waals surface area contributed by atoms with Crippen molar-refractivity contribution in [3.8, 4) is 5.69 Å². The maximum absolute atomic E-state index is 12.3. The van der Waals surface area contributed by atoms with Crippen molar-refractivity contribution in [2.24, 2.45) is 0 Å². The van der Waals surface area contributed by atoms with Gasteiger partial charge in [-0.25, -0.2) is 4.68 Å². The van der Waals surface area contributed by atoms with Crippen molar-refractivity contribution >= 4 is 5.91 Å². The lowest BCUT2D eigenvalue weighted by atomic mass is 10.1. The number of hydrogen-bond donors (Lipinski definition) is 2. The van der Waals surface area contributed by atoms with Crippen molar-refractivity contribution in [3.05, 3.63) is 83.7 Å². The van der Waals surface area contributed by atoms with Crippen LogP contribution in [0.15, 0.2) is 67.0 Å². The van der Waals surface area contributed by atoms with Crippen LogP contribution in [0.4, 0.5) is 0 Å². The van der Waals surface area contributed by atoms with Crippen LogP contribution in [-0.2, 0) is 13.1 Å². The van der Waals surface area contributed by atoms with Crippen molar-refractivity contribution < 1.29 is 9.69 Å². The van der Waals surface area contributed by atoms with Crippen LogP contribution in [0.5, 0.6) is 0 Å². The molecule has 3 aromatic rings. The zero-order valence-electron chi connectivity index (χ0n) is 14.6. The summed E-state index contributed by atoms with van der Waals surface area (Å²) in [6.45, 7) is 1.52. The largest absolute Gasteiger partial charge is 0.348 e. The van der Waals surface area contributed by atoms with Gasteiger partial charge in [-0.3, -0.25) is 4.79 Å². The van der Waals surface area contributed by atoms with E-state index in [-0.39, 0.29) is 5.91 Å². The van der Waals surface area contributed by atoms with Gasteiger partial charge >= 0.3 is 0 Å². The molecule has 2 aromatic carbocycles. The highest BCUT2D eigenvalue weighted by Gasteiger charge is 2.06. The van der Waals surface area contributed by atoms with Crippen molar-refractivity contribution in [1.82, 2.24) is 15.1 Å². The number of benzene rings is 2. The normalized spacial score (nSPS) is 10.8. The van der Waals surface area contributed by atoms with Crippen LogP contribution in [0.2, 0.25) is 0 Å². The Morgan fingerprint density at radius 1 is 1.04 bits per heavy atom. The maximum atomic E-state index is 12.3. The van der Waals surface area contributed by atoms with Crippen LogP contribution in [0.25, 0.3) is 5.69 Å². The van der Waals surface area contributed by atoms with Crippen molar-refractivity contribution in [2.75, 3.05) is 14.1 Å². The van der Waals surface area contributed by atoms with Crippen LogP contribution in [0.1, 0.15) is 21.5 Å². The lowest BCUT2D eigenvalue weighted by molar-refractivity contribution is -0.872. The summed E-state index contributed by atoms with van der Waals surface area (Å²) in [6, 6.07) is 17.6. The predicted octanol–water partition coefficient (Wildman–Crippen LogP) is 1.45. The molecule has 0 spiro atoms. The summed E-state index contributed by atoms with van der Waals surface area (Å²) < 4.78 is 1.76. The van der Waals surface area contributed by atoms with Crippen LogP contribution < -0.4 is 10.2 Å². The second-order valence-corrected chi connectivity index (χ2v) is 6.38. The van der Waals surface area contributed by atoms with Gasteiger partial charge in [0.15, 0.2) is 0 Å². The molecule has 0 aliphatic rings. The number of hydrogen-bond acceptors (Lipinski definition) is 2. The molecule has 2 N–H and O–H groups in total. The first-order chi connectivity index (χ1) is 12.1. The SMILES string of the molecule is C[NH+](C)Cc1ccc(CNC(=O)c2ccc(-n3cccn3)cc2)cc1. The molecular formula is C20H23N4O+. The number of aromatic nitrogens is 2. The average molecular weight is 335 g/mol. The van der Waals surface area contributed by atoms with Crippen molar-refractivity contribution in [1.29, 1.82) is 0 Å². The summed E-state index contributed by atoms with van der Waals surface area (Å²) in [7, 11) is 4.26. The highest BCUT2D eigenvalue weighted by molar-refractivity contribution is 5.94. The Kier molecular flexibility index (Phi) is 5.26. The molecule has 0 bridgehead atoms. The van der Waals surface area contributed by atoms with E-state index in [4.69, 9.17) is 0 Å². The standard InChI is InChI=1S/C20H22N4O/c1-23(2)15-17-6-4-16(5-7-17)14-21-20(25)18-8-10-19(11-9-18)24-13-3-12-22-24/h3-13H,14-15H2,1-2H3,(H,21,25)/p+1. The van der Waals surface area contributed by atoms with Crippen LogP contribution in [-0.4, -0.2) is 29.8 Å². The first-order valence-electron chi connectivity index (χ1n) is 8.37. The molecule has 128 valence electrons. The molecule has 0 radical (unpaired) electrons. The Hall–Kier alpha value is -2.92. The molecular weight excluding hydrogens is 312 g/mol. The Bertz CT molecular complexity index is 806. The average Bonchev–Trinajstić information content (AvgIpc) is 3.15. The Morgan fingerprint density at radius 2 is 1.72 bits per heavy atom. The fourth-order valence-electron chi connectivity index (χ4n) is 2.65. The molecule has 0 atom stereocenters. The van der Waals surface area contributed by atoms with Crippen molar-refractivity contribution in [3.63, 3.8) is 0 Å². The van der Waals surface area contributed by atoms with E-state index in [9.17, 15) is 4.79 Å². The van der Waals surface area contributed by atoms with Crippen LogP contribution in [0.3, 0.4) is 0 Å². The molecule has 5 nitrogen and oxygen atoms in total. The molecule has 5 heteroatoms. The van der Waals surface area contributed by atoms with E-state index in [1.54, 1.807) is 10.9 Å². The van der Waals surface area contributed by atoms with E-state index >= 15 is 0 Å². The third-order valence-corrected chi connectivity index (χ3v) is 3.93. The van der Waals surface area contributed by atoms with Gasteiger partial charge in [-0.1, -0.05) is 24.3 Å². The molecule has 1 aromatic heterocycles. The number of carbonyl (C=O) groups is 1. The number of carbonyl (C=O) groups excluding carboxylic acids is 1. The third kappa shape index (κ3) is 4.55. The van der Waals surface area contributed by atoms with Gasteiger partial charge < -0.3 is 10.2 Å². The summed E-state index contributed by atoms with van der Waals surface area (Å²) in [5.74, 6) is -0.0752. The molecule has 0 aliphatic heterocycles. The minimum Gasteiger partial charge on any atom is -0.348 e. The zero-order chi connectivity index (χ0) is 17.6. The molecule has 25 heavy (non-hydrogen) atoms. The molecule has 1 heterocycles. The Labute approximate surface area is 147 Å². The lowest BCUT2D eigenvalue weighted by Gasteiger charge is -2.09. The van der Waals surface area contributed by atoms with Gasteiger partial charge in [0.05, 0.1) is 19.8 Å². The zero-order valence-corrected chi connectivity index (χ0v) is 14.6. The van der Waals surface area contributed by atoms with E-state index in [1.807, 2.05) is 36.5 Å². The Morgan fingerprint density at radius 3 is 2.32 bits per heavy atom. The summed E-state index contributed by atoms with van der Waals surface area (Å²) >= 11 is 0. The summed E-state index contributed by atoms with van der Waals surface area (Å²) in [5.41, 5.74) is 3.96. The number of quaternary nitrogens is 1. The van der Waals surface area contributed by atoms with E-state index in [2.05, 4.69) is 48.8 Å². The van der Waals surface area contributed by atoms with Gasteiger partial charge in [0, 0.05) is 30.1 Å². The molecule has 3 rings (SSSR count). The fourth-order valence-corrected chi connectivity index (χ4v) is 2.65. The lowest BCUT2D eigenvalue weighted by Crippen LogP contribution is -3.04. The van der Waals surface area contributed by atoms with Gasteiger partial charge in [0.25, 0.3) is 5.91 Å². The minimum absolute atomic E-state index is 0.0752. The maximum Gasteiger partial charge on any atom is 0.251 e. The van der Waals surface area contributed by atoms with E-state index < -0.39 is 0 Å². The summed E-state index contributed by atoms with van der Waals surface area (Å²) in [6.07, 6.45) is 3.60. The first-order valence-corrected chi connectivity index (χ1v) is 8.37. The number of nitrogens with zero attached hydrogens (tertiary/aromatic N) is 2. The van der Waals surface area contributed by atoms with Gasteiger partial charge in [0.2, 0.25) is 0 Å². The number of rotatable bonds is 6. The monoisotopic (exact) mass is 335 g/mol. The van der Waals surface area contributed by atoms with Gasteiger partial charge in [-0.15, -0.1) is 0 Å². The second kappa shape index (κ2) is 7.77. The third-order valence-electron chi connectivity index (χ3n) is 3.93. The number of nitrogens with one attached hydrogen (secondary N) is 2. The van der Waals surface area contributed by atoms with Crippen LogP contribution >= 0.6 is 0 Å². The minimum atomic E-state index is -0.0752. The molecule has 0 aliphatic carbocycles. The van der Waals surface area contributed by atoms with Gasteiger partial charge in [-0.2, -0.15) is 5.10 Å². The quantitative estimate of drug-likeness (QED) is 0.716. The van der Waals surface area contributed by atoms with Gasteiger partial charge in [0.1, 0.15) is 6.54 Å². The highest BCUT2D eigenvalue weighted by Crippen LogP contribution is 2.09. The fraction of sp³-hybridized carbons (Fsp3) is 0.200. The molecule has 1 amide bonds. The highest BCUT2D eigenvalue weighted by atomic mass is 16.1. The smallest absolute Gasteiger partial charge is 0.251 e. The van der Waals surface area contributed by atoms with E-state index in [1.165, 1.54) is 10.5 Å². The molecule has 0 saturated carbocycles. The summed E-state index contributed by atoms with van der Waals surface area (Å²) in [5, 5.41) is 7.14. The second-order valence-electron chi connectivity index (χ2n) is 6.38. The Balaban J connectivity index is 1.57. The van der Waals surface area contributed by atoms with Crippen LogP contribution in [0, 0.1) is 0 Å². The molecule has 0 saturated heterocycles. The predicted molar refractivity (Wildman–Crippen MR) is 97.7 cm³/mol. The van der Waals surface area contributed by atoms with E-state index in [0.29, 0.717) is 12.1 Å². The first kappa shape index (κ1) is 16.9. The van der Waals surface area contributed by atoms with Crippen molar-refractivity contribution in [2.45, 2.75) is 13.1 Å².